The summed E-state index contributed by atoms with van der Waals surface area (Å²) in [4.78, 5) is 16.3. The van der Waals surface area contributed by atoms with Gasteiger partial charge in [0.2, 0.25) is 0 Å². The quantitative estimate of drug-likeness (QED) is 0.758. The Morgan fingerprint density at radius 2 is 2.13 bits per heavy atom. The van der Waals surface area contributed by atoms with Crippen LogP contribution in [-0.2, 0) is 0 Å². The number of aromatic nitrogens is 1. The fourth-order valence-corrected chi connectivity index (χ4v) is 2.40. The molecule has 1 aromatic carbocycles. The summed E-state index contributed by atoms with van der Waals surface area (Å²) in [5.74, 6) is 0.0688. The zero-order valence-corrected chi connectivity index (χ0v) is 14.1. The highest BCUT2D eigenvalue weighted by molar-refractivity contribution is 6.33. The minimum Gasteiger partial charge on any atom is -0.443 e. The maximum atomic E-state index is 12.3. The second-order valence-electron chi connectivity index (χ2n) is 6.19. The van der Waals surface area contributed by atoms with Crippen molar-refractivity contribution >= 4 is 17.5 Å². The van der Waals surface area contributed by atoms with E-state index >= 15 is 0 Å². The fourth-order valence-electron chi connectivity index (χ4n) is 2.18. The number of benzene rings is 1. The Labute approximate surface area is 140 Å². The van der Waals surface area contributed by atoms with Crippen LogP contribution in [0.15, 0.2) is 35.1 Å². The molecular weight excluding hydrogens is 316 g/mol. The van der Waals surface area contributed by atoms with E-state index in [4.69, 9.17) is 16.0 Å². The zero-order chi connectivity index (χ0) is 16.9. The molecule has 2 aromatic rings. The Morgan fingerprint density at radius 1 is 1.39 bits per heavy atom. The van der Waals surface area contributed by atoms with Crippen LogP contribution in [0.25, 0.3) is 11.3 Å². The number of rotatable bonds is 7. The Balaban J connectivity index is 1.99. The summed E-state index contributed by atoms with van der Waals surface area (Å²) in [5.41, 5.74) is 0.721. The van der Waals surface area contributed by atoms with Gasteiger partial charge in [0.05, 0.1) is 5.02 Å². The number of hydrogen-bond donors (Lipinski definition) is 2. The average Bonchev–Trinajstić information content (AvgIpc) is 3.01. The standard InChI is InChI=1S/C17H21ClN2O3/c1-17(2,10-21)8-5-9-19-16(22)14-15(23-11-20-14)12-6-3-4-7-13(12)18/h3-4,6-7,11,21H,5,8-10H2,1-2H3,(H,19,22). The van der Waals surface area contributed by atoms with Gasteiger partial charge in [0, 0.05) is 18.7 Å². The number of amides is 1. The number of oxazole rings is 1. The molecule has 5 nitrogen and oxygen atoms in total. The lowest BCUT2D eigenvalue weighted by atomic mass is 9.89. The minimum atomic E-state index is -0.296. The van der Waals surface area contributed by atoms with Crippen molar-refractivity contribution in [3.63, 3.8) is 0 Å². The van der Waals surface area contributed by atoms with Gasteiger partial charge in [-0.2, -0.15) is 0 Å². The summed E-state index contributed by atoms with van der Waals surface area (Å²) in [6.45, 7) is 4.61. The van der Waals surface area contributed by atoms with E-state index < -0.39 is 0 Å². The zero-order valence-electron chi connectivity index (χ0n) is 13.3. The van der Waals surface area contributed by atoms with E-state index in [2.05, 4.69) is 10.3 Å². The maximum Gasteiger partial charge on any atom is 0.273 e. The average molecular weight is 337 g/mol. The maximum absolute atomic E-state index is 12.3. The Kier molecular flexibility index (Phi) is 5.80. The number of hydrogen-bond acceptors (Lipinski definition) is 4. The predicted octanol–water partition coefficient (Wildman–Crippen LogP) is 3.52. The lowest BCUT2D eigenvalue weighted by molar-refractivity contribution is 0.0944. The molecule has 0 radical (unpaired) electrons. The van der Waals surface area contributed by atoms with Crippen molar-refractivity contribution < 1.29 is 14.3 Å². The highest BCUT2D eigenvalue weighted by Crippen LogP contribution is 2.29. The van der Waals surface area contributed by atoms with Crippen LogP contribution in [0, 0.1) is 5.41 Å². The van der Waals surface area contributed by atoms with E-state index in [1.54, 1.807) is 12.1 Å². The fraction of sp³-hybridized carbons (Fsp3) is 0.412. The number of nitrogens with zero attached hydrogens (tertiary/aromatic N) is 1. The second kappa shape index (κ2) is 7.62. The smallest absolute Gasteiger partial charge is 0.273 e. The molecule has 0 bridgehead atoms. The van der Waals surface area contributed by atoms with E-state index in [0.717, 1.165) is 12.8 Å². The van der Waals surface area contributed by atoms with Gasteiger partial charge in [-0.3, -0.25) is 4.79 Å². The van der Waals surface area contributed by atoms with Crippen LogP contribution in [-0.4, -0.2) is 29.1 Å². The Morgan fingerprint density at radius 3 is 2.83 bits per heavy atom. The molecule has 124 valence electrons. The third kappa shape index (κ3) is 4.56. The molecule has 0 aliphatic rings. The minimum absolute atomic E-state index is 0.126. The van der Waals surface area contributed by atoms with Crippen molar-refractivity contribution in [1.82, 2.24) is 10.3 Å². The molecule has 0 unspecified atom stereocenters. The van der Waals surface area contributed by atoms with Crippen molar-refractivity contribution in [3.05, 3.63) is 41.4 Å². The molecule has 1 heterocycles. The molecule has 2 N–H and O–H groups in total. The topological polar surface area (TPSA) is 75.4 Å². The molecule has 0 atom stereocenters. The summed E-state index contributed by atoms with van der Waals surface area (Å²) < 4.78 is 5.34. The molecule has 6 heteroatoms. The number of carbonyl (C=O) groups is 1. The third-order valence-electron chi connectivity index (χ3n) is 3.64. The molecule has 0 spiro atoms. The van der Waals surface area contributed by atoms with Crippen LogP contribution in [0.3, 0.4) is 0 Å². The van der Waals surface area contributed by atoms with Crippen molar-refractivity contribution in [1.29, 1.82) is 0 Å². The van der Waals surface area contributed by atoms with E-state index in [1.807, 2.05) is 26.0 Å². The highest BCUT2D eigenvalue weighted by Gasteiger charge is 2.20. The van der Waals surface area contributed by atoms with Gasteiger partial charge in [0.1, 0.15) is 0 Å². The third-order valence-corrected chi connectivity index (χ3v) is 3.97. The van der Waals surface area contributed by atoms with Gasteiger partial charge >= 0.3 is 0 Å². The van der Waals surface area contributed by atoms with Gasteiger partial charge in [-0.05, 0) is 30.4 Å². The summed E-state index contributed by atoms with van der Waals surface area (Å²) in [6, 6.07) is 7.15. The first-order valence-electron chi connectivity index (χ1n) is 7.52. The van der Waals surface area contributed by atoms with E-state index in [-0.39, 0.29) is 23.6 Å². The van der Waals surface area contributed by atoms with Crippen LogP contribution >= 0.6 is 11.6 Å². The van der Waals surface area contributed by atoms with Gasteiger partial charge in [0.25, 0.3) is 5.91 Å². The van der Waals surface area contributed by atoms with E-state index in [1.165, 1.54) is 6.39 Å². The summed E-state index contributed by atoms with van der Waals surface area (Å²) >= 11 is 6.14. The Hall–Kier alpha value is -1.85. The SMILES string of the molecule is CC(C)(CO)CCCNC(=O)c1ncoc1-c1ccccc1Cl. The molecule has 1 aromatic heterocycles. The van der Waals surface area contributed by atoms with Crippen LogP contribution in [0.1, 0.15) is 37.2 Å². The lowest BCUT2D eigenvalue weighted by Gasteiger charge is -2.21. The summed E-state index contributed by atoms with van der Waals surface area (Å²) in [7, 11) is 0. The van der Waals surface area contributed by atoms with E-state index in [9.17, 15) is 9.90 Å². The summed E-state index contributed by atoms with van der Waals surface area (Å²) in [6.07, 6.45) is 2.83. The van der Waals surface area contributed by atoms with Crippen LogP contribution in [0.5, 0.6) is 0 Å². The van der Waals surface area contributed by atoms with Crippen molar-refractivity contribution in [2.24, 2.45) is 5.41 Å². The normalized spacial score (nSPS) is 11.5. The van der Waals surface area contributed by atoms with Gasteiger partial charge in [-0.25, -0.2) is 4.98 Å². The van der Waals surface area contributed by atoms with Gasteiger partial charge < -0.3 is 14.8 Å². The lowest BCUT2D eigenvalue weighted by Crippen LogP contribution is -2.27. The highest BCUT2D eigenvalue weighted by atomic mass is 35.5. The first-order chi connectivity index (χ1) is 10.9. The molecular formula is C17H21ClN2O3. The van der Waals surface area contributed by atoms with Crippen molar-refractivity contribution in [2.45, 2.75) is 26.7 Å². The van der Waals surface area contributed by atoms with E-state index in [0.29, 0.717) is 22.9 Å². The molecule has 0 fully saturated rings. The number of carbonyl (C=O) groups excluding carboxylic acids is 1. The molecule has 1 amide bonds. The largest absolute Gasteiger partial charge is 0.443 e. The monoisotopic (exact) mass is 336 g/mol. The first-order valence-corrected chi connectivity index (χ1v) is 7.90. The number of aliphatic hydroxyl groups is 1. The number of aliphatic hydroxyl groups excluding tert-OH is 1. The van der Waals surface area contributed by atoms with Gasteiger partial charge in [-0.1, -0.05) is 37.6 Å². The van der Waals surface area contributed by atoms with Crippen LogP contribution in [0.4, 0.5) is 0 Å². The second-order valence-corrected chi connectivity index (χ2v) is 6.60. The Bertz CT molecular complexity index is 667. The molecule has 0 saturated heterocycles. The first kappa shape index (κ1) is 17.5. The van der Waals surface area contributed by atoms with Crippen molar-refractivity contribution in [2.75, 3.05) is 13.2 Å². The molecule has 0 aliphatic heterocycles. The summed E-state index contributed by atoms with van der Waals surface area (Å²) in [5, 5.41) is 12.5. The number of nitrogens with one attached hydrogen (secondary N) is 1. The van der Waals surface area contributed by atoms with Gasteiger partial charge in [-0.15, -0.1) is 0 Å². The molecule has 0 saturated carbocycles. The van der Waals surface area contributed by atoms with Crippen LogP contribution < -0.4 is 5.32 Å². The predicted molar refractivity (Wildman–Crippen MR) is 89.4 cm³/mol. The number of halogens is 1. The molecule has 2 rings (SSSR count). The van der Waals surface area contributed by atoms with Gasteiger partial charge in [0.15, 0.2) is 17.8 Å². The van der Waals surface area contributed by atoms with Crippen LogP contribution in [0.2, 0.25) is 5.02 Å². The molecule has 23 heavy (non-hydrogen) atoms. The van der Waals surface area contributed by atoms with Crippen molar-refractivity contribution in [3.8, 4) is 11.3 Å². The molecule has 0 aliphatic carbocycles.